The van der Waals surface area contributed by atoms with E-state index in [1.807, 2.05) is 10.8 Å². The Labute approximate surface area is 104 Å². The van der Waals surface area contributed by atoms with Crippen molar-refractivity contribution in [2.45, 2.75) is 12.6 Å². The zero-order valence-electron chi connectivity index (χ0n) is 9.19. The molecular formula is C11H10F3N3S. The minimum absolute atomic E-state index is 0.373. The van der Waals surface area contributed by atoms with Crippen molar-refractivity contribution < 1.29 is 13.2 Å². The number of hydrogen-bond acceptors (Lipinski definition) is 2. The van der Waals surface area contributed by atoms with Crippen molar-refractivity contribution >= 4 is 27.9 Å². The summed E-state index contributed by atoms with van der Waals surface area (Å²) in [5.74, 6) is 0. The molecule has 0 saturated heterocycles. The van der Waals surface area contributed by atoms with Crippen LogP contribution < -0.4 is 5.73 Å². The van der Waals surface area contributed by atoms with E-state index < -0.39 is 11.9 Å². The molecule has 2 heterocycles. The maximum absolute atomic E-state index is 12.3. The highest BCUT2D eigenvalue weighted by molar-refractivity contribution is 8.17. The summed E-state index contributed by atoms with van der Waals surface area (Å²) in [6.07, 6.45) is -1.28. The smallest absolute Gasteiger partial charge is 0.389 e. The molecule has 18 heavy (non-hydrogen) atoms. The maximum atomic E-state index is 12.3. The molecule has 0 bridgehead atoms. The van der Waals surface area contributed by atoms with Crippen molar-refractivity contribution in [3.63, 3.8) is 0 Å². The highest BCUT2D eigenvalue weighted by Gasteiger charge is 2.32. The number of aromatic nitrogens is 1. The molecular weight excluding hydrogens is 263 g/mol. The zero-order chi connectivity index (χ0) is 13.2. The van der Waals surface area contributed by atoms with Crippen LogP contribution in [0, 0.1) is 0 Å². The van der Waals surface area contributed by atoms with Gasteiger partial charge in [0.1, 0.15) is 5.69 Å². The largest absolute Gasteiger partial charge is 0.433 e. The molecule has 0 fully saturated rings. The molecule has 0 radical (unpaired) electrons. The van der Waals surface area contributed by atoms with Gasteiger partial charge in [0.05, 0.1) is 6.34 Å². The average Bonchev–Trinajstić information content (AvgIpc) is 2.77. The van der Waals surface area contributed by atoms with Crippen molar-refractivity contribution in [1.82, 2.24) is 4.98 Å². The molecule has 0 saturated carbocycles. The Hall–Kier alpha value is -1.63. The van der Waals surface area contributed by atoms with Crippen LogP contribution in [0.4, 0.5) is 13.2 Å². The third-order valence-corrected chi connectivity index (χ3v) is 3.74. The van der Waals surface area contributed by atoms with Crippen molar-refractivity contribution in [2.75, 3.05) is 0 Å². The first-order valence-electron chi connectivity index (χ1n) is 5.04. The van der Waals surface area contributed by atoms with Crippen LogP contribution in [0.5, 0.6) is 0 Å². The number of alkyl halides is 3. The minimum atomic E-state index is -4.40. The summed E-state index contributed by atoms with van der Waals surface area (Å²) in [6, 6.07) is 2.41. The van der Waals surface area contributed by atoms with E-state index in [-0.39, 0.29) is 10.7 Å². The zero-order valence-corrected chi connectivity index (χ0v) is 10.0. The number of nitrogens with two attached hydrogens (primary N) is 1. The second-order valence-electron chi connectivity index (χ2n) is 3.55. The van der Waals surface area contributed by atoms with E-state index in [1.165, 1.54) is 18.6 Å². The predicted octanol–water partition coefficient (Wildman–Crippen LogP) is 2.82. The summed E-state index contributed by atoms with van der Waals surface area (Å²) in [5, 5.41) is 3.84. The van der Waals surface area contributed by atoms with Gasteiger partial charge < -0.3 is 5.73 Å². The van der Waals surface area contributed by atoms with E-state index in [0.717, 1.165) is 11.6 Å². The Bertz CT molecular complexity index is 529. The maximum Gasteiger partial charge on any atom is 0.433 e. The SMILES string of the molecule is NC=NS1=CCC(c2ccc(C(F)(F)F)nc2)=C1. The second-order valence-corrected chi connectivity index (χ2v) is 5.02. The molecule has 96 valence electrons. The van der Waals surface area contributed by atoms with E-state index in [2.05, 4.69) is 9.38 Å². The fourth-order valence-electron chi connectivity index (χ4n) is 1.50. The van der Waals surface area contributed by atoms with Gasteiger partial charge >= 0.3 is 6.18 Å². The van der Waals surface area contributed by atoms with E-state index >= 15 is 0 Å². The van der Waals surface area contributed by atoms with Crippen LogP contribution in [-0.4, -0.2) is 16.7 Å². The van der Waals surface area contributed by atoms with Crippen LogP contribution in [-0.2, 0) is 6.18 Å². The normalized spacial score (nSPS) is 19.9. The van der Waals surface area contributed by atoms with Crippen LogP contribution in [0.3, 0.4) is 0 Å². The van der Waals surface area contributed by atoms with E-state index in [4.69, 9.17) is 5.73 Å². The molecule has 2 rings (SSSR count). The number of nitrogens with zero attached hydrogens (tertiary/aromatic N) is 2. The van der Waals surface area contributed by atoms with Crippen molar-refractivity contribution in [3.8, 4) is 0 Å². The van der Waals surface area contributed by atoms with Gasteiger partial charge in [-0.2, -0.15) is 13.2 Å². The third-order valence-electron chi connectivity index (χ3n) is 2.34. The van der Waals surface area contributed by atoms with Gasteiger partial charge in [-0.3, -0.25) is 4.98 Å². The van der Waals surface area contributed by atoms with Gasteiger partial charge in [0, 0.05) is 6.20 Å². The Balaban J connectivity index is 2.20. The Morgan fingerprint density at radius 1 is 1.39 bits per heavy atom. The van der Waals surface area contributed by atoms with Gasteiger partial charge in [-0.25, -0.2) is 4.40 Å². The standard InChI is InChI=1S/C11H10F3N3S/c12-11(13,14)10-2-1-8(5-16-10)9-3-4-18(6-9)17-7-15/h1-2,4-7H,3H2,(H2,15,17). The molecule has 0 aliphatic carbocycles. The highest BCUT2D eigenvalue weighted by Crippen LogP contribution is 2.33. The van der Waals surface area contributed by atoms with Gasteiger partial charge in [0.15, 0.2) is 0 Å². The fourth-order valence-corrected chi connectivity index (χ4v) is 2.76. The van der Waals surface area contributed by atoms with E-state index in [9.17, 15) is 13.2 Å². The molecule has 1 aromatic heterocycles. The molecule has 0 spiro atoms. The van der Waals surface area contributed by atoms with Gasteiger partial charge in [-0.05, 0) is 45.1 Å². The number of rotatable bonds is 2. The van der Waals surface area contributed by atoms with Crippen LogP contribution in [0.1, 0.15) is 17.7 Å². The topological polar surface area (TPSA) is 51.3 Å². The molecule has 3 nitrogen and oxygen atoms in total. The summed E-state index contributed by atoms with van der Waals surface area (Å²) < 4.78 is 41.0. The first-order chi connectivity index (χ1) is 8.50. The second kappa shape index (κ2) is 4.93. The monoisotopic (exact) mass is 273 g/mol. The van der Waals surface area contributed by atoms with Crippen LogP contribution in [0.2, 0.25) is 0 Å². The average molecular weight is 273 g/mol. The third kappa shape index (κ3) is 2.79. The van der Waals surface area contributed by atoms with Crippen molar-refractivity contribution in [1.29, 1.82) is 0 Å². The summed E-state index contributed by atoms with van der Waals surface area (Å²) in [5.41, 5.74) is 5.91. The van der Waals surface area contributed by atoms with Crippen molar-refractivity contribution in [3.05, 3.63) is 35.0 Å². The Kier molecular flexibility index (Phi) is 3.51. The first kappa shape index (κ1) is 12.8. The number of allylic oxidation sites excluding steroid dienone is 1. The number of halogens is 3. The van der Waals surface area contributed by atoms with Crippen LogP contribution >= 0.6 is 10.7 Å². The van der Waals surface area contributed by atoms with Crippen molar-refractivity contribution in [2.24, 2.45) is 10.1 Å². The molecule has 7 heteroatoms. The molecule has 0 amide bonds. The summed E-state index contributed by atoms with van der Waals surface area (Å²) >= 11 is 0. The lowest BCUT2D eigenvalue weighted by molar-refractivity contribution is -0.141. The molecule has 2 N–H and O–H groups in total. The minimum Gasteiger partial charge on any atom is -0.389 e. The van der Waals surface area contributed by atoms with Gasteiger partial charge in [0.25, 0.3) is 0 Å². The summed E-state index contributed by atoms with van der Waals surface area (Å²) in [7, 11) is -0.373. The predicted molar refractivity (Wildman–Crippen MR) is 68.2 cm³/mol. The number of hydrogen-bond donors (Lipinski definition) is 1. The molecule has 1 aliphatic heterocycles. The van der Waals surface area contributed by atoms with E-state index in [0.29, 0.717) is 12.0 Å². The molecule has 0 aromatic carbocycles. The number of pyridine rings is 1. The Morgan fingerprint density at radius 3 is 2.72 bits per heavy atom. The van der Waals surface area contributed by atoms with Gasteiger partial charge in [-0.15, -0.1) is 0 Å². The van der Waals surface area contributed by atoms with E-state index in [1.54, 1.807) is 0 Å². The summed E-state index contributed by atoms with van der Waals surface area (Å²) in [4.78, 5) is 3.43. The quantitative estimate of drug-likeness (QED) is 0.512. The molecule has 1 aromatic rings. The highest BCUT2D eigenvalue weighted by atomic mass is 32.2. The fraction of sp³-hybridized carbons (Fsp3) is 0.182. The first-order valence-corrected chi connectivity index (χ1v) is 6.35. The lowest BCUT2D eigenvalue weighted by Crippen LogP contribution is -2.07. The van der Waals surface area contributed by atoms with Gasteiger partial charge in [0.2, 0.25) is 0 Å². The lowest BCUT2D eigenvalue weighted by Gasteiger charge is -2.06. The van der Waals surface area contributed by atoms with Crippen LogP contribution in [0.25, 0.3) is 5.57 Å². The molecule has 1 unspecified atom stereocenters. The van der Waals surface area contributed by atoms with Gasteiger partial charge in [-0.1, -0.05) is 6.07 Å². The summed E-state index contributed by atoms with van der Waals surface area (Å²) in [6.45, 7) is 0. The lowest BCUT2D eigenvalue weighted by atomic mass is 10.1. The molecule has 1 atom stereocenters. The van der Waals surface area contributed by atoms with Crippen LogP contribution in [0.15, 0.2) is 28.1 Å². The molecule has 1 aliphatic rings. The Morgan fingerprint density at radius 2 is 2.17 bits per heavy atom.